The SMILES string of the molecule is COc1cccc([C@@]2(O)C[C@H](O)CC[C@@H]2CN(C)C)c1.COc1cccc([C@]2(O)C[C@@H](O)CC[C@H]2CN(C)C)c1. The largest absolute Gasteiger partial charge is 0.497 e. The average molecular weight is 559 g/mol. The Kier molecular flexibility index (Phi) is 11.4. The Hall–Kier alpha value is -2.20. The van der Waals surface area contributed by atoms with E-state index in [0.717, 1.165) is 61.4 Å². The van der Waals surface area contributed by atoms with Gasteiger partial charge in [0.1, 0.15) is 11.5 Å². The predicted molar refractivity (Wildman–Crippen MR) is 158 cm³/mol. The summed E-state index contributed by atoms with van der Waals surface area (Å²) < 4.78 is 10.5. The van der Waals surface area contributed by atoms with E-state index in [2.05, 4.69) is 9.80 Å². The maximum atomic E-state index is 11.2. The summed E-state index contributed by atoms with van der Waals surface area (Å²) in [6.07, 6.45) is 3.06. The molecule has 4 N–H and O–H groups in total. The lowest BCUT2D eigenvalue weighted by Gasteiger charge is -2.43. The van der Waals surface area contributed by atoms with E-state index in [-0.39, 0.29) is 11.8 Å². The number of methoxy groups -OCH3 is 2. The predicted octanol–water partition coefficient (Wildman–Crippen LogP) is 3.21. The quantitative estimate of drug-likeness (QED) is 0.392. The Labute approximate surface area is 240 Å². The first kappa shape index (κ1) is 32.3. The lowest BCUT2D eigenvalue weighted by Crippen LogP contribution is -2.46. The second-order valence-electron chi connectivity index (χ2n) is 12.1. The summed E-state index contributed by atoms with van der Waals surface area (Å²) >= 11 is 0. The van der Waals surface area contributed by atoms with Crippen molar-refractivity contribution in [2.24, 2.45) is 11.8 Å². The molecule has 2 aliphatic carbocycles. The van der Waals surface area contributed by atoms with Crippen LogP contribution in [0.2, 0.25) is 0 Å². The fraction of sp³-hybridized carbons (Fsp3) is 0.625. The first-order valence-corrected chi connectivity index (χ1v) is 14.3. The van der Waals surface area contributed by atoms with E-state index in [9.17, 15) is 20.4 Å². The summed E-state index contributed by atoms with van der Waals surface area (Å²) in [6, 6.07) is 15.1. The Bertz CT molecular complexity index is 982. The molecule has 2 fully saturated rings. The third kappa shape index (κ3) is 7.96. The van der Waals surface area contributed by atoms with E-state index in [4.69, 9.17) is 9.47 Å². The molecule has 0 unspecified atom stereocenters. The van der Waals surface area contributed by atoms with Gasteiger partial charge >= 0.3 is 0 Å². The van der Waals surface area contributed by atoms with Crippen LogP contribution in [0.25, 0.3) is 0 Å². The van der Waals surface area contributed by atoms with Gasteiger partial charge in [0, 0.05) is 37.8 Å². The summed E-state index contributed by atoms with van der Waals surface area (Å²) in [5.41, 5.74) is -0.308. The van der Waals surface area contributed by atoms with Crippen LogP contribution in [0.15, 0.2) is 48.5 Å². The zero-order valence-electron chi connectivity index (χ0n) is 25.1. The van der Waals surface area contributed by atoms with Crippen molar-refractivity contribution in [3.8, 4) is 11.5 Å². The third-order valence-electron chi connectivity index (χ3n) is 8.45. The molecule has 0 heterocycles. The molecule has 4 rings (SSSR count). The number of aliphatic hydroxyl groups is 4. The first-order valence-electron chi connectivity index (χ1n) is 14.3. The molecule has 2 aromatic carbocycles. The minimum absolute atomic E-state index is 0.119. The summed E-state index contributed by atoms with van der Waals surface area (Å²) in [7, 11) is 11.3. The van der Waals surface area contributed by atoms with Gasteiger partial charge in [-0.1, -0.05) is 24.3 Å². The molecule has 2 aliphatic rings. The molecule has 40 heavy (non-hydrogen) atoms. The fourth-order valence-corrected chi connectivity index (χ4v) is 6.38. The standard InChI is InChI=1S/2C16H25NO3/c2*1-17(2)11-13-7-8-14(18)10-16(13,19)12-5-4-6-15(9-12)20-3/h2*4-6,9,13-14,18-19H,7-8,10-11H2,1-3H3/t2*13-,14-,16+/m10/s1. The molecule has 2 saturated carbocycles. The van der Waals surface area contributed by atoms with Crippen LogP contribution in [0, 0.1) is 11.8 Å². The summed E-state index contributed by atoms with van der Waals surface area (Å²) in [6.45, 7) is 1.61. The highest BCUT2D eigenvalue weighted by atomic mass is 16.5. The highest BCUT2D eigenvalue weighted by molar-refractivity contribution is 5.34. The average Bonchev–Trinajstić information content (AvgIpc) is 2.92. The van der Waals surface area contributed by atoms with Crippen molar-refractivity contribution in [1.29, 1.82) is 0 Å². The molecule has 0 bridgehead atoms. The fourth-order valence-electron chi connectivity index (χ4n) is 6.38. The molecule has 0 amide bonds. The lowest BCUT2D eigenvalue weighted by atomic mass is 9.70. The van der Waals surface area contributed by atoms with E-state index in [0.29, 0.717) is 12.8 Å². The topological polar surface area (TPSA) is 106 Å². The Morgan fingerprint density at radius 3 is 1.38 bits per heavy atom. The van der Waals surface area contributed by atoms with Gasteiger partial charge in [0.2, 0.25) is 0 Å². The maximum Gasteiger partial charge on any atom is 0.119 e. The minimum Gasteiger partial charge on any atom is -0.497 e. The monoisotopic (exact) mass is 558 g/mol. The van der Waals surface area contributed by atoms with Crippen LogP contribution in [0.3, 0.4) is 0 Å². The van der Waals surface area contributed by atoms with Crippen LogP contribution in [-0.2, 0) is 11.2 Å². The molecular weight excluding hydrogens is 508 g/mol. The minimum atomic E-state index is -0.990. The molecule has 0 radical (unpaired) electrons. The molecule has 0 aliphatic heterocycles. The van der Waals surface area contributed by atoms with E-state index in [1.54, 1.807) is 14.2 Å². The van der Waals surface area contributed by atoms with Gasteiger partial charge in [-0.15, -0.1) is 0 Å². The van der Waals surface area contributed by atoms with Gasteiger partial charge in [0.15, 0.2) is 0 Å². The number of nitrogens with zero attached hydrogens (tertiary/aromatic N) is 2. The second-order valence-corrected chi connectivity index (χ2v) is 12.1. The van der Waals surface area contributed by atoms with Gasteiger partial charge in [-0.2, -0.15) is 0 Å². The van der Waals surface area contributed by atoms with Crippen molar-refractivity contribution in [3.63, 3.8) is 0 Å². The van der Waals surface area contributed by atoms with Gasteiger partial charge in [0.25, 0.3) is 0 Å². The van der Waals surface area contributed by atoms with Crippen LogP contribution in [0.5, 0.6) is 11.5 Å². The molecular formula is C32H50N2O6. The van der Waals surface area contributed by atoms with Crippen LogP contribution >= 0.6 is 0 Å². The van der Waals surface area contributed by atoms with Gasteiger partial charge in [-0.3, -0.25) is 0 Å². The third-order valence-corrected chi connectivity index (χ3v) is 8.45. The van der Waals surface area contributed by atoms with E-state index < -0.39 is 23.4 Å². The smallest absolute Gasteiger partial charge is 0.119 e. The molecule has 8 nitrogen and oxygen atoms in total. The molecule has 0 saturated heterocycles. The van der Waals surface area contributed by atoms with Crippen LogP contribution in [-0.4, -0.2) is 97.9 Å². The molecule has 8 heteroatoms. The van der Waals surface area contributed by atoms with Crippen LogP contribution in [0.4, 0.5) is 0 Å². The Morgan fingerprint density at radius 1 is 0.675 bits per heavy atom. The molecule has 0 aromatic heterocycles. The van der Waals surface area contributed by atoms with Crippen LogP contribution < -0.4 is 9.47 Å². The number of hydrogen-bond acceptors (Lipinski definition) is 8. The number of benzene rings is 2. The van der Waals surface area contributed by atoms with Gasteiger partial charge in [-0.25, -0.2) is 0 Å². The number of hydrogen-bond donors (Lipinski definition) is 4. The highest BCUT2D eigenvalue weighted by Crippen LogP contribution is 2.44. The Morgan fingerprint density at radius 2 is 1.05 bits per heavy atom. The first-order chi connectivity index (χ1) is 18.9. The zero-order valence-corrected chi connectivity index (χ0v) is 25.1. The van der Waals surface area contributed by atoms with E-state index in [1.807, 2.05) is 76.7 Å². The van der Waals surface area contributed by atoms with Gasteiger partial charge < -0.3 is 39.7 Å². The molecule has 224 valence electrons. The maximum absolute atomic E-state index is 11.2. The number of aliphatic hydroxyl groups excluding tert-OH is 2. The van der Waals surface area contributed by atoms with E-state index >= 15 is 0 Å². The van der Waals surface area contributed by atoms with Crippen LogP contribution in [0.1, 0.15) is 49.7 Å². The van der Waals surface area contributed by atoms with Crippen molar-refractivity contribution >= 4 is 0 Å². The summed E-state index contributed by atoms with van der Waals surface area (Å²) in [4.78, 5) is 4.18. The number of rotatable bonds is 8. The van der Waals surface area contributed by atoms with Crippen molar-refractivity contribution in [1.82, 2.24) is 9.80 Å². The molecule has 2 aromatic rings. The van der Waals surface area contributed by atoms with Crippen molar-refractivity contribution < 1.29 is 29.9 Å². The van der Waals surface area contributed by atoms with Gasteiger partial charge in [0.05, 0.1) is 37.6 Å². The van der Waals surface area contributed by atoms with Crippen molar-refractivity contribution in [3.05, 3.63) is 59.7 Å². The Balaban J connectivity index is 0.000000220. The van der Waals surface area contributed by atoms with Crippen molar-refractivity contribution in [2.45, 2.75) is 61.9 Å². The van der Waals surface area contributed by atoms with E-state index in [1.165, 1.54) is 0 Å². The lowest BCUT2D eigenvalue weighted by molar-refractivity contribution is -0.0996. The summed E-state index contributed by atoms with van der Waals surface area (Å²) in [5, 5.41) is 42.4. The zero-order chi connectivity index (χ0) is 29.5. The van der Waals surface area contributed by atoms with Crippen molar-refractivity contribution in [2.75, 3.05) is 55.5 Å². The summed E-state index contributed by atoms with van der Waals surface area (Å²) in [5.74, 6) is 1.71. The molecule has 0 spiro atoms. The normalized spacial score (nSPS) is 30.5. The van der Waals surface area contributed by atoms with Gasteiger partial charge in [-0.05, 0) is 89.3 Å². The highest BCUT2D eigenvalue weighted by Gasteiger charge is 2.44. The second kappa shape index (κ2) is 14.1. The number of ether oxygens (including phenoxy) is 2. The molecule has 6 atom stereocenters.